The molecule has 40 heavy (non-hydrogen) atoms. The standard InChI is InChI=1S/C31H33ClN4O4/c1-21(2)16-30(38)35(18-22-8-6-5-7-9-22)20-29(37)34-31-33-26(23-10-12-24(32)13-11-23)19-36(31)25-14-15-27(39-3)28(17-25)40-4/h5-15,17,19,21H,16,18,20H2,1-4H3,(H,33,34,37). The lowest BCUT2D eigenvalue weighted by molar-refractivity contribution is -0.136. The van der Waals surface area contributed by atoms with Crippen LogP contribution in [0.2, 0.25) is 5.02 Å². The van der Waals surface area contributed by atoms with Crippen LogP contribution < -0.4 is 14.8 Å². The van der Waals surface area contributed by atoms with Crippen LogP contribution in [0.1, 0.15) is 25.8 Å². The Morgan fingerprint density at radius 3 is 2.33 bits per heavy atom. The zero-order valence-electron chi connectivity index (χ0n) is 23.1. The number of amides is 2. The number of benzene rings is 3. The molecule has 0 aliphatic heterocycles. The van der Waals surface area contributed by atoms with Crippen molar-refractivity contribution in [2.45, 2.75) is 26.8 Å². The number of anilines is 1. The van der Waals surface area contributed by atoms with Crippen molar-refractivity contribution < 1.29 is 19.1 Å². The molecule has 1 aromatic heterocycles. The zero-order chi connectivity index (χ0) is 28.6. The number of carbonyl (C=O) groups is 2. The highest BCUT2D eigenvalue weighted by molar-refractivity contribution is 6.30. The Hall–Kier alpha value is -4.30. The molecule has 0 unspecified atom stereocenters. The van der Waals surface area contributed by atoms with Gasteiger partial charge in [0.25, 0.3) is 0 Å². The Labute approximate surface area is 239 Å². The van der Waals surface area contributed by atoms with Gasteiger partial charge in [0.05, 0.1) is 25.6 Å². The lowest BCUT2D eigenvalue weighted by Crippen LogP contribution is -2.38. The van der Waals surface area contributed by atoms with Gasteiger partial charge >= 0.3 is 0 Å². The molecule has 4 rings (SSSR count). The van der Waals surface area contributed by atoms with Gasteiger partial charge in [0.15, 0.2) is 11.5 Å². The maximum absolute atomic E-state index is 13.4. The fourth-order valence-electron chi connectivity index (χ4n) is 4.25. The van der Waals surface area contributed by atoms with Crippen LogP contribution in [0.25, 0.3) is 16.9 Å². The number of hydrogen-bond acceptors (Lipinski definition) is 5. The molecule has 2 amide bonds. The van der Waals surface area contributed by atoms with Crippen LogP contribution in [-0.2, 0) is 16.1 Å². The smallest absolute Gasteiger partial charge is 0.246 e. The van der Waals surface area contributed by atoms with Crippen molar-refractivity contribution in [2.24, 2.45) is 5.92 Å². The minimum absolute atomic E-state index is 0.0842. The molecule has 4 aromatic rings. The summed E-state index contributed by atoms with van der Waals surface area (Å²) in [5.41, 5.74) is 3.12. The van der Waals surface area contributed by atoms with Gasteiger partial charge in [-0.05, 0) is 35.7 Å². The first-order valence-corrected chi connectivity index (χ1v) is 13.3. The van der Waals surface area contributed by atoms with Crippen LogP contribution in [0.5, 0.6) is 11.5 Å². The summed E-state index contributed by atoms with van der Waals surface area (Å²) in [6, 6.07) is 22.4. The normalized spacial score (nSPS) is 10.8. The molecule has 0 saturated heterocycles. The van der Waals surface area contributed by atoms with E-state index in [1.165, 1.54) is 0 Å². The zero-order valence-corrected chi connectivity index (χ0v) is 23.8. The van der Waals surface area contributed by atoms with Crippen LogP contribution in [-0.4, -0.2) is 47.0 Å². The average Bonchev–Trinajstić information content (AvgIpc) is 3.36. The van der Waals surface area contributed by atoms with Crippen molar-refractivity contribution in [3.05, 3.63) is 89.6 Å². The molecule has 8 nitrogen and oxygen atoms in total. The van der Waals surface area contributed by atoms with Gasteiger partial charge < -0.3 is 14.4 Å². The van der Waals surface area contributed by atoms with Crippen molar-refractivity contribution in [2.75, 3.05) is 26.1 Å². The van der Waals surface area contributed by atoms with Gasteiger partial charge in [-0.15, -0.1) is 0 Å². The molecule has 0 radical (unpaired) electrons. The Morgan fingerprint density at radius 2 is 1.68 bits per heavy atom. The van der Waals surface area contributed by atoms with Crippen LogP contribution in [0, 0.1) is 5.92 Å². The molecule has 208 valence electrons. The second kappa shape index (κ2) is 13.2. The number of methoxy groups -OCH3 is 2. The molecule has 1 N–H and O–H groups in total. The van der Waals surface area contributed by atoms with Crippen LogP contribution >= 0.6 is 11.6 Å². The van der Waals surface area contributed by atoms with Crippen molar-refractivity contribution >= 4 is 29.4 Å². The first-order chi connectivity index (χ1) is 19.3. The molecular formula is C31H33ClN4O4. The molecule has 0 bridgehead atoms. The average molecular weight is 561 g/mol. The van der Waals surface area contributed by atoms with E-state index in [1.54, 1.807) is 48.0 Å². The lowest BCUT2D eigenvalue weighted by atomic mass is 10.1. The summed E-state index contributed by atoms with van der Waals surface area (Å²) in [4.78, 5) is 32.8. The number of imidazole rings is 1. The second-order valence-electron chi connectivity index (χ2n) is 9.75. The molecule has 0 spiro atoms. The number of carbonyl (C=O) groups excluding carboxylic acids is 2. The van der Waals surface area contributed by atoms with E-state index in [0.717, 1.165) is 11.1 Å². The number of aromatic nitrogens is 2. The summed E-state index contributed by atoms with van der Waals surface area (Å²) < 4.78 is 12.6. The summed E-state index contributed by atoms with van der Waals surface area (Å²) >= 11 is 6.09. The second-order valence-corrected chi connectivity index (χ2v) is 10.2. The number of halogens is 1. The van der Waals surface area contributed by atoms with E-state index in [4.69, 9.17) is 26.1 Å². The molecule has 0 saturated carbocycles. The van der Waals surface area contributed by atoms with Crippen LogP contribution in [0.3, 0.4) is 0 Å². The molecule has 0 atom stereocenters. The van der Waals surface area contributed by atoms with Gasteiger partial charge in [0.2, 0.25) is 17.8 Å². The fraction of sp³-hybridized carbons (Fsp3) is 0.258. The third-order valence-electron chi connectivity index (χ3n) is 6.23. The number of nitrogens with zero attached hydrogens (tertiary/aromatic N) is 3. The van der Waals surface area contributed by atoms with E-state index in [1.807, 2.05) is 68.6 Å². The molecule has 0 fully saturated rings. The maximum Gasteiger partial charge on any atom is 0.246 e. The van der Waals surface area contributed by atoms with Gasteiger partial charge in [-0.3, -0.25) is 19.5 Å². The number of nitrogens with one attached hydrogen (secondary N) is 1. The van der Waals surface area contributed by atoms with E-state index in [0.29, 0.717) is 46.8 Å². The first kappa shape index (κ1) is 28.7. The van der Waals surface area contributed by atoms with Gasteiger partial charge in [-0.2, -0.15) is 0 Å². The summed E-state index contributed by atoms with van der Waals surface area (Å²) in [5, 5.41) is 3.53. The molecule has 9 heteroatoms. The summed E-state index contributed by atoms with van der Waals surface area (Å²) in [6.07, 6.45) is 2.17. The highest BCUT2D eigenvalue weighted by Gasteiger charge is 2.21. The predicted octanol–water partition coefficient (Wildman–Crippen LogP) is 6.22. The molecule has 1 heterocycles. The summed E-state index contributed by atoms with van der Waals surface area (Å²) in [6.45, 7) is 4.18. The topological polar surface area (TPSA) is 85.7 Å². The molecule has 0 aliphatic rings. The number of hydrogen-bond donors (Lipinski definition) is 1. The largest absolute Gasteiger partial charge is 0.493 e. The Balaban J connectivity index is 1.65. The van der Waals surface area contributed by atoms with Gasteiger partial charge in [0, 0.05) is 35.8 Å². The number of rotatable bonds is 11. The molecule has 3 aromatic carbocycles. The fourth-order valence-corrected chi connectivity index (χ4v) is 4.38. The van der Waals surface area contributed by atoms with Crippen LogP contribution in [0.15, 0.2) is 79.0 Å². The highest BCUT2D eigenvalue weighted by atomic mass is 35.5. The molecular weight excluding hydrogens is 528 g/mol. The maximum atomic E-state index is 13.4. The third kappa shape index (κ3) is 7.21. The van der Waals surface area contributed by atoms with Gasteiger partial charge in [-0.25, -0.2) is 4.98 Å². The Morgan fingerprint density at radius 1 is 0.975 bits per heavy atom. The number of ether oxygens (including phenoxy) is 2. The van der Waals surface area contributed by atoms with E-state index < -0.39 is 0 Å². The SMILES string of the molecule is COc1ccc(-n2cc(-c3ccc(Cl)cc3)nc2NC(=O)CN(Cc2ccccc2)C(=O)CC(C)C)cc1OC. The molecule has 0 aliphatic carbocycles. The monoisotopic (exact) mass is 560 g/mol. The minimum atomic E-state index is -0.358. The van der Waals surface area contributed by atoms with Crippen molar-refractivity contribution in [1.29, 1.82) is 0 Å². The van der Waals surface area contributed by atoms with E-state index >= 15 is 0 Å². The van der Waals surface area contributed by atoms with E-state index in [2.05, 4.69) is 5.32 Å². The highest BCUT2D eigenvalue weighted by Crippen LogP contribution is 2.32. The Bertz CT molecular complexity index is 1450. The van der Waals surface area contributed by atoms with Crippen molar-refractivity contribution in [3.63, 3.8) is 0 Å². The Kier molecular flexibility index (Phi) is 9.45. The minimum Gasteiger partial charge on any atom is -0.493 e. The lowest BCUT2D eigenvalue weighted by Gasteiger charge is -2.23. The summed E-state index contributed by atoms with van der Waals surface area (Å²) in [5.74, 6) is 1.14. The third-order valence-corrected chi connectivity index (χ3v) is 6.48. The van der Waals surface area contributed by atoms with Crippen molar-refractivity contribution in [3.8, 4) is 28.4 Å². The van der Waals surface area contributed by atoms with Gasteiger partial charge in [-0.1, -0.05) is 67.9 Å². The van der Waals surface area contributed by atoms with Crippen molar-refractivity contribution in [1.82, 2.24) is 14.5 Å². The quantitative estimate of drug-likeness (QED) is 0.235. The van der Waals surface area contributed by atoms with Crippen LogP contribution in [0.4, 0.5) is 5.95 Å². The predicted molar refractivity (Wildman–Crippen MR) is 157 cm³/mol. The first-order valence-electron chi connectivity index (χ1n) is 13.0. The van der Waals surface area contributed by atoms with E-state index in [9.17, 15) is 9.59 Å². The van der Waals surface area contributed by atoms with Gasteiger partial charge in [0.1, 0.15) is 6.54 Å². The van der Waals surface area contributed by atoms with E-state index in [-0.39, 0.29) is 24.3 Å². The summed E-state index contributed by atoms with van der Waals surface area (Å²) in [7, 11) is 3.13.